The number of morpholine rings is 1. The number of amides is 1. The van der Waals surface area contributed by atoms with Crippen molar-refractivity contribution >= 4 is 5.91 Å². The molecule has 1 aliphatic rings. The molecule has 26 heavy (non-hydrogen) atoms. The zero-order chi connectivity index (χ0) is 18.4. The van der Waals surface area contributed by atoms with Gasteiger partial charge < -0.3 is 14.4 Å². The van der Waals surface area contributed by atoms with Crippen LogP contribution in [0, 0.1) is 11.3 Å². The fraction of sp³-hybridized carbons (Fsp3) is 0.333. The van der Waals surface area contributed by atoms with E-state index in [1.165, 1.54) is 0 Å². The third kappa shape index (κ3) is 4.29. The van der Waals surface area contributed by atoms with Crippen molar-refractivity contribution in [2.24, 2.45) is 0 Å². The topological polar surface area (TPSA) is 62.6 Å². The second kappa shape index (κ2) is 8.61. The monoisotopic (exact) mass is 350 g/mol. The van der Waals surface area contributed by atoms with Gasteiger partial charge in [-0.05, 0) is 41.8 Å². The summed E-state index contributed by atoms with van der Waals surface area (Å²) in [5, 5.41) is 8.92. The smallest absolute Gasteiger partial charge is 0.254 e. The third-order valence-corrected chi connectivity index (χ3v) is 4.53. The Kier molecular flexibility index (Phi) is 6.00. The number of hydrogen-bond acceptors (Lipinski definition) is 4. The van der Waals surface area contributed by atoms with Crippen molar-refractivity contribution in [2.75, 3.05) is 33.4 Å². The Morgan fingerprint density at radius 3 is 2.81 bits per heavy atom. The average Bonchev–Trinajstić information content (AvgIpc) is 2.72. The Morgan fingerprint density at radius 2 is 2.08 bits per heavy atom. The molecule has 0 saturated carbocycles. The Balaban J connectivity index is 1.74. The molecular formula is C21H22N2O3. The van der Waals surface area contributed by atoms with Crippen molar-refractivity contribution in [3.8, 4) is 17.2 Å². The Hall–Kier alpha value is -2.68. The SMILES string of the molecule is COCC[C@H]1CN(C(=O)c2cccc(-c3ccc(C#N)cc3)c2)CCO1. The fourth-order valence-electron chi connectivity index (χ4n) is 3.08. The minimum atomic E-state index is 0.0196. The quantitative estimate of drug-likeness (QED) is 0.831. The maximum Gasteiger partial charge on any atom is 0.254 e. The molecule has 0 radical (unpaired) electrons. The van der Waals surface area contributed by atoms with Gasteiger partial charge in [0.1, 0.15) is 0 Å². The van der Waals surface area contributed by atoms with Gasteiger partial charge in [-0.15, -0.1) is 0 Å². The van der Waals surface area contributed by atoms with Crippen LogP contribution in [-0.4, -0.2) is 50.3 Å². The molecule has 2 aromatic rings. The van der Waals surface area contributed by atoms with Gasteiger partial charge in [0, 0.05) is 32.4 Å². The maximum absolute atomic E-state index is 12.9. The highest BCUT2D eigenvalue weighted by Crippen LogP contribution is 2.22. The molecule has 0 spiro atoms. The summed E-state index contributed by atoms with van der Waals surface area (Å²) in [4.78, 5) is 14.7. The number of carbonyl (C=O) groups is 1. The Bertz CT molecular complexity index is 796. The van der Waals surface area contributed by atoms with E-state index in [4.69, 9.17) is 14.7 Å². The van der Waals surface area contributed by atoms with Crippen LogP contribution in [0.3, 0.4) is 0 Å². The molecule has 1 amide bonds. The molecule has 1 aliphatic heterocycles. The zero-order valence-electron chi connectivity index (χ0n) is 14.9. The van der Waals surface area contributed by atoms with Crippen LogP contribution in [-0.2, 0) is 9.47 Å². The molecule has 0 N–H and O–H groups in total. The van der Waals surface area contributed by atoms with E-state index >= 15 is 0 Å². The molecule has 1 saturated heterocycles. The van der Waals surface area contributed by atoms with Crippen molar-refractivity contribution in [3.05, 3.63) is 59.7 Å². The molecule has 1 heterocycles. The average molecular weight is 350 g/mol. The van der Waals surface area contributed by atoms with E-state index in [0.29, 0.717) is 37.4 Å². The first-order valence-corrected chi connectivity index (χ1v) is 8.71. The molecule has 134 valence electrons. The normalized spacial score (nSPS) is 16.9. The van der Waals surface area contributed by atoms with Gasteiger partial charge in [-0.2, -0.15) is 5.26 Å². The second-order valence-electron chi connectivity index (χ2n) is 6.30. The van der Waals surface area contributed by atoms with Crippen LogP contribution in [0.1, 0.15) is 22.3 Å². The molecular weight excluding hydrogens is 328 g/mol. The van der Waals surface area contributed by atoms with Crippen molar-refractivity contribution < 1.29 is 14.3 Å². The van der Waals surface area contributed by atoms with Crippen LogP contribution in [0.4, 0.5) is 0 Å². The molecule has 5 heteroatoms. The summed E-state index contributed by atoms with van der Waals surface area (Å²) in [7, 11) is 1.67. The van der Waals surface area contributed by atoms with Gasteiger partial charge in [-0.25, -0.2) is 0 Å². The largest absolute Gasteiger partial charge is 0.385 e. The standard InChI is InChI=1S/C21H22N2O3/c1-25-11-9-20-15-23(10-12-26-20)21(24)19-4-2-3-18(13-19)17-7-5-16(14-22)6-8-17/h2-8,13,20H,9-12,15H2,1H3/t20-/m0/s1. The summed E-state index contributed by atoms with van der Waals surface area (Å²) in [6.45, 7) is 2.36. The predicted molar refractivity (Wildman–Crippen MR) is 98.7 cm³/mol. The van der Waals surface area contributed by atoms with Crippen LogP contribution in [0.2, 0.25) is 0 Å². The summed E-state index contributed by atoms with van der Waals surface area (Å²) in [5.41, 5.74) is 3.23. The first-order chi connectivity index (χ1) is 12.7. The van der Waals surface area contributed by atoms with Crippen LogP contribution in [0.5, 0.6) is 0 Å². The number of methoxy groups -OCH3 is 1. The third-order valence-electron chi connectivity index (χ3n) is 4.53. The molecule has 5 nitrogen and oxygen atoms in total. The van der Waals surface area contributed by atoms with E-state index in [2.05, 4.69) is 6.07 Å². The van der Waals surface area contributed by atoms with Crippen LogP contribution >= 0.6 is 0 Å². The summed E-state index contributed by atoms with van der Waals surface area (Å²) >= 11 is 0. The van der Waals surface area contributed by atoms with E-state index in [1.807, 2.05) is 41.3 Å². The van der Waals surface area contributed by atoms with Crippen molar-refractivity contribution in [3.63, 3.8) is 0 Å². The molecule has 0 aliphatic carbocycles. The van der Waals surface area contributed by atoms with Gasteiger partial charge in [0.15, 0.2) is 0 Å². The summed E-state index contributed by atoms with van der Waals surface area (Å²) in [6.07, 6.45) is 0.806. The highest BCUT2D eigenvalue weighted by atomic mass is 16.5. The minimum Gasteiger partial charge on any atom is -0.385 e. The van der Waals surface area contributed by atoms with Gasteiger partial charge in [0.05, 0.1) is 24.3 Å². The van der Waals surface area contributed by atoms with Crippen molar-refractivity contribution in [1.29, 1.82) is 5.26 Å². The van der Waals surface area contributed by atoms with Gasteiger partial charge in [-0.3, -0.25) is 4.79 Å². The number of hydrogen-bond donors (Lipinski definition) is 0. The number of carbonyl (C=O) groups excluding carboxylic acids is 1. The lowest BCUT2D eigenvalue weighted by atomic mass is 10.0. The van der Waals surface area contributed by atoms with Gasteiger partial charge in [0.25, 0.3) is 5.91 Å². The lowest BCUT2D eigenvalue weighted by molar-refractivity contribution is -0.0332. The summed E-state index contributed by atoms with van der Waals surface area (Å²) < 4.78 is 10.8. The molecule has 0 bridgehead atoms. The molecule has 1 atom stereocenters. The number of nitrogens with zero attached hydrogens (tertiary/aromatic N) is 2. The van der Waals surface area contributed by atoms with Crippen LogP contribution in [0.25, 0.3) is 11.1 Å². The fourth-order valence-corrected chi connectivity index (χ4v) is 3.08. The predicted octanol–water partition coefficient (Wildman–Crippen LogP) is 3.10. The molecule has 0 aromatic heterocycles. The maximum atomic E-state index is 12.9. The minimum absolute atomic E-state index is 0.0196. The highest BCUT2D eigenvalue weighted by Gasteiger charge is 2.25. The van der Waals surface area contributed by atoms with Crippen LogP contribution in [0.15, 0.2) is 48.5 Å². The van der Waals surface area contributed by atoms with Gasteiger partial charge >= 0.3 is 0 Å². The molecule has 3 rings (SSSR count). The first-order valence-electron chi connectivity index (χ1n) is 8.71. The second-order valence-corrected chi connectivity index (χ2v) is 6.30. The van der Waals surface area contributed by atoms with Crippen molar-refractivity contribution in [2.45, 2.75) is 12.5 Å². The summed E-state index contributed by atoms with van der Waals surface area (Å²) in [5.74, 6) is 0.0196. The number of rotatable bonds is 5. The van der Waals surface area contributed by atoms with E-state index in [-0.39, 0.29) is 12.0 Å². The Morgan fingerprint density at radius 1 is 1.27 bits per heavy atom. The van der Waals surface area contributed by atoms with E-state index in [9.17, 15) is 4.79 Å². The van der Waals surface area contributed by atoms with Crippen LogP contribution < -0.4 is 0 Å². The zero-order valence-corrected chi connectivity index (χ0v) is 14.9. The molecule has 2 aromatic carbocycles. The molecule has 0 unspecified atom stereocenters. The summed E-state index contributed by atoms with van der Waals surface area (Å²) in [6, 6.07) is 17.1. The first kappa shape index (κ1) is 18.1. The van der Waals surface area contributed by atoms with E-state index in [0.717, 1.165) is 17.5 Å². The van der Waals surface area contributed by atoms with Gasteiger partial charge in [-0.1, -0.05) is 24.3 Å². The number of nitriles is 1. The number of ether oxygens (including phenoxy) is 2. The lowest BCUT2D eigenvalue weighted by Gasteiger charge is -2.33. The van der Waals surface area contributed by atoms with E-state index < -0.39 is 0 Å². The van der Waals surface area contributed by atoms with Gasteiger partial charge in [0.2, 0.25) is 0 Å². The molecule has 1 fully saturated rings. The Labute approximate surface area is 153 Å². The van der Waals surface area contributed by atoms with Crippen molar-refractivity contribution in [1.82, 2.24) is 4.90 Å². The lowest BCUT2D eigenvalue weighted by Crippen LogP contribution is -2.45. The van der Waals surface area contributed by atoms with E-state index in [1.54, 1.807) is 19.2 Å². The number of benzene rings is 2. The highest BCUT2D eigenvalue weighted by molar-refractivity contribution is 5.95.